The van der Waals surface area contributed by atoms with Gasteiger partial charge in [0.1, 0.15) is 5.75 Å². The van der Waals surface area contributed by atoms with Gasteiger partial charge >= 0.3 is 10.4 Å². The fourth-order valence-corrected chi connectivity index (χ4v) is 0.488. The van der Waals surface area contributed by atoms with Crippen LogP contribution in [0.1, 0.15) is 0 Å². The summed E-state index contributed by atoms with van der Waals surface area (Å²) in [6.07, 6.45) is 0. The third-order valence-corrected chi connectivity index (χ3v) is 0.937. The van der Waals surface area contributed by atoms with Crippen molar-refractivity contribution in [1.29, 1.82) is 0 Å². The Morgan fingerprint density at radius 2 is 1.50 bits per heavy atom. The minimum Gasteiger partial charge on any atom is -0.506 e. The van der Waals surface area contributed by atoms with Crippen LogP contribution in [0.4, 0.5) is 5.69 Å². The molecule has 0 aliphatic carbocycles. The molecule has 82 valence electrons. The molecule has 14 heavy (non-hydrogen) atoms. The van der Waals surface area contributed by atoms with Gasteiger partial charge in [-0.2, -0.15) is 8.42 Å². The fraction of sp³-hybridized carbons (Fsp3) is 0. The van der Waals surface area contributed by atoms with Gasteiger partial charge in [0.2, 0.25) is 0 Å². The van der Waals surface area contributed by atoms with Gasteiger partial charge in [-0.05, 0) is 12.1 Å². The maximum absolute atomic E-state index is 8.79. The molecule has 1 aromatic carbocycles. The number of hydrogen-bond acceptors (Lipinski definition) is 4. The molecule has 0 radical (unpaired) electrons. The molecule has 6 nitrogen and oxygen atoms in total. The Hall–Kier alpha value is -0.791. The summed E-state index contributed by atoms with van der Waals surface area (Å²) in [4.78, 5) is 0. The van der Waals surface area contributed by atoms with Crippen molar-refractivity contribution in [3.05, 3.63) is 24.3 Å². The van der Waals surface area contributed by atoms with Crippen molar-refractivity contribution in [1.82, 2.24) is 0 Å². The number of benzene rings is 1. The first-order valence-electron chi connectivity index (χ1n) is 3.04. The number of phenolic OH excluding ortho intramolecular Hbond substituents is 1. The van der Waals surface area contributed by atoms with Gasteiger partial charge in [0.25, 0.3) is 0 Å². The van der Waals surface area contributed by atoms with E-state index in [0.717, 1.165) is 0 Å². The van der Waals surface area contributed by atoms with Gasteiger partial charge in [0, 0.05) is 17.1 Å². The summed E-state index contributed by atoms with van der Waals surface area (Å²) in [5.74, 6) is 0.146. The third kappa shape index (κ3) is 11.2. The van der Waals surface area contributed by atoms with Gasteiger partial charge in [-0.1, -0.05) is 12.1 Å². The van der Waals surface area contributed by atoms with Crippen LogP contribution in [-0.4, -0.2) is 22.6 Å². The largest absolute Gasteiger partial charge is 0.506 e. The number of hydrogen-bond donors (Lipinski definition) is 4. The molecule has 0 saturated heterocycles. The summed E-state index contributed by atoms with van der Waals surface area (Å²) in [5.41, 5.74) is 5.69. The second kappa shape index (κ2) is 6.63. The van der Waals surface area contributed by atoms with Crippen LogP contribution in [0.2, 0.25) is 0 Å². The molecule has 0 spiro atoms. The molecule has 1 aromatic rings. The normalized spacial score (nSPS) is 9.29. The number of phenols is 1. The number of rotatable bonds is 0. The zero-order chi connectivity index (χ0) is 10.5. The zero-order valence-corrected chi connectivity index (χ0v) is 8.73. The van der Waals surface area contributed by atoms with Crippen molar-refractivity contribution in [3.8, 4) is 5.75 Å². The molecule has 0 amide bonds. The molecule has 0 aliphatic rings. The van der Waals surface area contributed by atoms with E-state index in [1.165, 1.54) is 0 Å². The number of para-hydroxylation sites is 2. The van der Waals surface area contributed by atoms with E-state index in [-0.39, 0.29) is 22.8 Å². The molecule has 5 N–H and O–H groups in total. The molecule has 0 bridgehead atoms. The summed E-state index contributed by atoms with van der Waals surface area (Å²) >= 11 is 0. The maximum atomic E-state index is 8.79. The minimum atomic E-state index is -4.67. The van der Waals surface area contributed by atoms with E-state index in [0.29, 0.717) is 5.69 Å². The van der Waals surface area contributed by atoms with Gasteiger partial charge in [0.15, 0.2) is 0 Å². The summed E-state index contributed by atoms with van der Waals surface area (Å²) in [5, 5.41) is 8.79. The second-order valence-corrected chi connectivity index (χ2v) is 2.90. The van der Waals surface area contributed by atoms with E-state index in [9.17, 15) is 0 Å². The average Bonchev–Trinajstić information content (AvgIpc) is 1.92. The predicted octanol–water partition coefficient (Wildman–Crippen LogP) is 0.319. The first-order valence-corrected chi connectivity index (χ1v) is 4.44. The van der Waals surface area contributed by atoms with Crippen molar-refractivity contribution in [2.24, 2.45) is 0 Å². The van der Waals surface area contributed by atoms with Gasteiger partial charge in [0.05, 0.1) is 5.69 Å². The topological polar surface area (TPSA) is 121 Å². The molecular weight excluding hydrogens is 254 g/mol. The molecule has 0 unspecified atom stereocenters. The number of anilines is 1. The second-order valence-electron chi connectivity index (χ2n) is 2.01. The predicted molar refractivity (Wildman–Crippen MR) is 46.7 cm³/mol. The molecule has 8 heteroatoms. The molecular formula is C6H9FeNO5S. The van der Waals surface area contributed by atoms with Crippen molar-refractivity contribution >= 4 is 16.1 Å². The smallest absolute Gasteiger partial charge is 0.394 e. The summed E-state index contributed by atoms with van der Waals surface area (Å²) in [6.45, 7) is 0. The van der Waals surface area contributed by atoms with Crippen LogP contribution in [0, 0.1) is 0 Å². The molecule has 0 heterocycles. The van der Waals surface area contributed by atoms with Gasteiger partial charge < -0.3 is 10.8 Å². The Bertz CT molecular complexity index is 337. The van der Waals surface area contributed by atoms with Gasteiger partial charge in [-0.3, -0.25) is 9.11 Å². The summed E-state index contributed by atoms with van der Waals surface area (Å²) < 4.78 is 31.6. The van der Waals surface area contributed by atoms with Gasteiger partial charge in [-0.15, -0.1) is 0 Å². The Balaban J connectivity index is 0. The third-order valence-electron chi connectivity index (χ3n) is 0.937. The summed E-state index contributed by atoms with van der Waals surface area (Å²) in [6, 6.07) is 6.70. The number of nitrogens with two attached hydrogens (primary N) is 1. The quantitative estimate of drug-likeness (QED) is 0.231. The van der Waals surface area contributed by atoms with Crippen LogP contribution in [0.25, 0.3) is 0 Å². The molecule has 0 saturated carbocycles. The molecule has 0 fully saturated rings. The number of aromatic hydroxyl groups is 1. The van der Waals surface area contributed by atoms with Crippen LogP contribution >= 0.6 is 0 Å². The SMILES string of the molecule is Nc1ccccc1O.O=S(=O)(O)O.[Fe]. The van der Waals surface area contributed by atoms with Crippen LogP contribution in [0.5, 0.6) is 5.75 Å². The maximum Gasteiger partial charge on any atom is 0.394 e. The van der Waals surface area contributed by atoms with E-state index < -0.39 is 10.4 Å². The standard InChI is InChI=1S/C6H7NO.Fe.H2O4S/c7-5-3-1-2-4-6(5)8;;1-5(2,3)4/h1-4,8H,7H2;;(H2,1,2,3,4). The first-order chi connectivity index (χ1) is 5.80. The molecule has 0 atom stereocenters. The molecule has 0 aliphatic heterocycles. The van der Waals surface area contributed by atoms with Crippen LogP contribution < -0.4 is 5.73 Å². The van der Waals surface area contributed by atoms with Gasteiger partial charge in [-0.25, -0.2) is 0 Å². The fourth-order valence-electron chi connectivity index (χ4n) is 0.488. The Kier molecular flexibility index (Phi) is 7.42. The van der Waals surface area contributed by atoms with E-state index in [4.69, 9.17) is 28.4 Å². The van der Waals surface area contributed by atoms with E-state index in [2.05, 4.69) is 0 Å². The Labute approximate surface area is 91.8 Å². The average molecular weight is 263 g/mol. The monoisotopic (exact) mass is 263 g/mol. The Morgan fingerprint density at radius 3 is 1.71 bits per heavy atom. The van der Waals surface area contributed by atoms with Crippen molar-refractivity contribution in [3.63, 3.8) is 0 Å². The zero-order valence-electron chi connectivity index (χ0n) is 6.81. The number of nitrogen functional groups attached to an aromatic ring is 1. The Morgan fingerprint density at radius 1 is 1.14 bits per heavy atom. The van der Waals surface area contributed by atoms with Crippen LogP contribution in [-0.2, 0) is 27.5 Å². The van der Waals surface area contributed by atoms with E-state index in [1.54, 1.807) is 24.3 Å². The van der Waals surface area contributed by atoms with E-state index in [1.807, 2.05) is 0 Å². The van der Waals surface area contributed by atoms with Crippen LogP contribution in [0.3, 0.4) is 0 Å². The van der Waals surface area contributed by atoms with Crippen LogP contribution in [0.15, 0.2) is 24.3 Å². The molecule has 0 aromatic heterocycles. The van der Waals surface area contributed by atoms with E-state index >= 15 is 0 Å². The summed E-state index contributed by atoms with van der Waals surface area (Å²) in [7, 11) is -4.67. The van der Waals surface area contributed by atoms with Crippen molar-refractivity contribution in [2.75, 3.05) is 5.73 Å². The van der Waals surface area contributed by atoms with Crippen molar-refractivity contribution < 1.29 is 39.7 Å². The minimum absolute atomic E-state index is 0. The molecule has 1 rings (SSSR count). The van der Waals surface area contributed by atoms with Crippen molar-refractivity contribution in [2.45, 2.75) is 0 Å². The first kappa shape index (κ1) is 15.7.